The summed E-state index contributed by atoms with van der Waals surface area (Å²) in [6.07, 6.45) is 5.11. The van der Waals surface area contributed by atoms with Crippen LogP contribution in [0.2, 0.25) is 0 Å². The van der Waals surface area contributed by atoms with Crippen molar-refractivity contribution in [2.45, 2.75) is 25.7 Å². The van der Waals surface area contributed by atoms with Crippen LogP contribution >= 0.6 is 0 Å². The number of rotatable bonds is 7. The second kappa shape index (κ2) is 11.8. The molecule has 0 atom stereocenters. The van der Waals surface area contributed by atoms with Gasteiger partial charge in [0, 0.05) is 5.56 Å². The van der Waals surface area contributed by atoms with Gasteiger partial charge in [-0.15, -0.1) is 0 Å². The summed E-state index contributed by atoms with van der Waals surface area (Å²) in [6.45, 7) is 4.61. The highest BCUT2D eigenvalue weighted by atomic mass is 16.5. The monoisotopic (exact) mass is 385 g/mol. The molecule has 0 amide bonds. The van der Waals surface area contributed by atoms with Crippen LogP contribution in [0.5, 0.6) is 5.75 Å². The van der Waals surface area contributed by atoms with Gasteiger partial charge in [-0.3, -0.25) is 0 Å². The molecule has 2 N–H and O–H groups in total. The highest BCUT2D eigenvalue weighted by molar-refractivity contribution is 6.27. The van der Waals surface area contributed by atoms with E-state index < -0.39 is 11.9 Å². The Kier molecular flexibility index (Phi) is 9.01. The Morgan fingerprint density at radius 1 is 0.857 bits per heavy atom. The third-order valence-electron chi connectivity index (χ3n) is 4.48. The molecule has 0 aliphatic carbocycles. The number of hydrogen-bond donors (Lipinski definition) is 2. The molecule has 6 nitrogen and oxygen atoms in total. The molecule has 6 heteroatoms. The average molecular weight is 385 g/mol. The molecule has 1 aliphatic rings. The number of ether oxygens (including phenoxy) is 1. The number of likely N-dealkylation sites (tertiary alicyclic amines) is 1. The van der Waals surface area contributed by atoms with E-state index in [2.05, 4.69) is 47.4 Å². The van der Waals surface area contributed by atoms with Crippen molar-refractivity contribution in [3.8, 4) is 16.9 Å². The van der Waals surface area contributed by atoms with Crippen molar-refractivity contribution in [3.63, 3.8) is 0 Å². The molecular formula is C22H27NO5. The fraction of sp³-hybridized carbons (Fsp3) is 0.364. The molecule has 0 radical (unpaired) electrons. The largest absolute Gasteiger partial charge is 0.493 e. The van der Waals surface area contributed by atoms with Crippen LogP contribution in [0.1, 0.15) is 25.7 Å². The summed E-state index contributed by atoms with van der Waals surface area (Å²) in [4.78, 5) is 20.8. The number of unbranched alkanes of at least 4 members (excludes halogenated alkanes) is 1. The maximum Gasteiger partial charge on any atom is 0.414 e. The Morgan fingerprint density at radius 2 is 1.46 bits per heavy atom. The minimum Gasteiger partial charge on any atom is -0.493 e. The quantitative estimate of drug-likeness (QED) is 0.557. The van der Waals surface area contributed by atoms with Crippen LogP contribution in [0.25, 0.3) is 11.1 Å². The second-order valence-electron chi connectivity index (χ2n) is 6.58. The zero-order chi connectivity index (χ0) is 20.2. The fourth-order valence-electron chi connectivity index (χ4n) is 3.07. The van der Waals surface area contributed by atoms with Gasteiger partial charge >= 0.3 is 11.9 Å². The Balaban J connectivity index is 0.000000409. The van der Waals surface area contributed by atoms with E-state index in [1.807, 2.05) is 12.1 Å². The Morgan fingerprint density at radius 3 is 2.11 bits per heavy atom. The Labute approximate surface area is 165 Å². The van der Waals surface area contributed by atoms with Crippen molar-refractivity contribution in [1.82, 2.24) is 4.90 Å². The van der Waals surface area contributed by atoms with E-state index in [0.29, 0.717) is 0 Å². The van der Waals surface area contributed by atoms with E-state index in [9.17, 15) is 0 Å². The number of carbonyl (C=O) groups is 2. The molecule has 28 heavy (non-hydrogen) atoms. The zero-order valence-corrected chi connectivity index (χ0v) is 15.9. The minimum atomic E-state index is -1.82. The highest BCUT2D eigenvalue weighted by Gasteiger charge is 2.10. The lowest BCUT2D eigenvalue weighted by Gasteiger charge is -2.15. The van der Waals surface area contributed by atoms with Gasteiger partial charge in [0.1, 0.15) is 5.75 Å². The zero-order valence-electron chi connectivity index (χ0n) is 15.9. The van der Waals surface area contributed by atoms with Gasteiger partial charge in [-0.25, -0.2) is 9.59 Å². The van der Waals surface area contributed by atoms with Crippen molar-refractivity contribution < 1.29 is 24.5 Å². The van der Waals surface area contributed by atoms with Crippen LogP contribution in [-0.4, -0.2) is 53.3 Å². The second-order valence-corrected chi connectivity index (χ2v) is 6.58. The molecule has 1 fully saturated rings. The molecule has 2 aromatic carbocycles. The van der Waals surface area contributed by atoms with Crippen molar-refractivity contribution >= 4 is 11.9 Å². The maximum atomic E-state index is 9.10. The van der Waals surface area contributed by atoms with Crippen molar-refractivity contribution in [1.29, 1.82) is 0 Å². The maximum absolute atomic E-state index is 9.10. The van der Waals surface area contributed by atoms with Crippen LogP contribution in [0, 0.1) is 0 Å². The average Bonchev–Trinajstić information content (AvgIpc) is 3.23. The van der Waals surface area contributed by atoms with Gasteiger partial charge in [-0.1, -0.05) is 48.5 Å². The van der Waals surface area contributed by atoms with Gasteiger partial charge in [0.2, 0.25) is 0 Å². The van der Waals surface area contributed by atoms with Crippen LogP contribution in [0.3, 0.4) is 0 Å². The summed E-state index contributed by atoms with van der Waals surface area (Å²) in [5.74, 6) is -2.65. The Hall–Kier alpha value is -2.86. The van der Waals surface area contributed by atoms with Crippen molar-refractivity contribution in [2.75, 3.05) is 26.2 Å². The highest BCUT2D eigenvalue weighted by Crippen LogP contribution is 2.29. The van der Waals surface area contributed by atoms with E-state index >= 15 is 0 Å². The third kappa shape index (κ3) is 7.40. The molecule has 0 bridgehead atoms. The van der Waals surface area contributed by atoms with Gasteiger partial charge in [-0.05, 0) is 56.9 Å². The summed E-state index contributed by atoms with van der Waals surface area (Å²) in [6, 6.07) is 18.8. The summed E-state index contributed by atoms with van der Waals surface area (Å²) in [5.41, 5.74) is 2.40. The van der Waals surface area contributed by atoms with Crippen LogP contribution in [0.15, 0.2) is 54.6 Å². The first kappa shape index (κ1) is 21.4. The molecule has 0 aromatic heterocycles. The molecular weight excluding hydrogens is 358 g/mol. The first-order valence-corrected chi connectivity index (χ1v) is 9.53. The molecule has 1 aliphatic heterocycles. The van der Waals surface area contributed by atoms with Gasteiger partial charge in [0.25, 0.3) is 0 Å². The van der Waals surface area contributed by atoms with Gasteiger partial charge in [0.15, 0.2) is 0 Å². The number of nitrogens with zero attached hydrogens (tertiary/aromatic N) is 1. The standard InChI is InChI=1S/C20H25NO.C2H2O4/c1-2-10-18(11-3-1)19-12-4-5-13-20(19)22-17-9-8-16-21-14-6-7-15-21;3-1(4)2(5)6/h1-5,10-13H,6-9,14-17H2;(H,3,4)(H,5,6). The predicted molar refractivity (Wildman–Crippen MR) is 108 cm³/mol. The Bertz CT molecular complexity index is 730. The van der Waals surface area contributed by atoms with E-state index in [1.165, 1.54) is 50.0 Å². The van der Waals surface area contributed by atoms with E-state index in [-0.39, 0.29) is 0 Å². The summed E-state index contributed by atoms with van der Waals surface area (Å²) in [7, 11) is 0. The summed E-state index contributed by atoms with van der Waals surface area (Å²) < 4.78 is 6.04. The molecule has 1 saturated heterocycles. The van der Waals surface area contributed by atoms with Crippen LogP contribution in [-0.2, 0) is 9.59 Å². The lowest BCUT2D eigenvalue weighted by Crippen LogP contribution is -2.20. The van der Waals surface area contributed by atoms with Gasteiger partial charge in [-0.2, -0.15) is 0 Å². The molecule has 0 unspecified atom stereocenters. The first-order chi connectivity index (χ1) is 13.6. The number of carboxylic acid groups (broad SMARTS) is 2. The van der Waals surface area contributed by atoms with Gasteiger partial charge < -0.3 is 19.8 Å². The van der Waals surface area contributed by atoms with Crippen molar-refractivity contribution in [2.24, 2.45) is 0 Å². The minimum absolute atomic E-state index is 0.803. The molecule has 1 heterocycles. The SMILES string of the molecule is O=C(O)C(=O)O.c1ccc(-c2ccccc2OCCCCN2CCCC2)cc1. The molecule has 2 aromatic rings. The topological polar surface area (TPSA) is 87.1 Å². The van der Waals surface area contributed by atoms with Crippen LogP contribution < -0.4 is 4.74 Å². The first-order valence-electron chi connectivity index (χ1n) is 9.53. The molecule has 150 valence electrons. The molecule has 0 spiro atoms. The normalized spacial score (nSPS) is 13.4. The van der Waals surface area contributed by atoms with Crippen LogP contribution in [0.4, 0.5) is 0 Å². The van der Waals surface area contributed by atoms with Crippen molar-refractivity contribution in [3.05, 3.63) is 54.6 Å². The fourth-order valence-corrected chi connectivity index (χ4v) is 3.07. The number of aliphatic carboxylic acids is 2. The number of carboxylic acids is 2. The van der Waals surface area contributed by atoms with E-state index in [4.69, 9.17) is 24.5 Å². The third-order valence-corrected chi connectivity index (χ3v) is 4.48. The summed E-state index contributed by atoms with van der Waals surface area (Å²) >= 11 is 0. The van der Waals surface area contributed by atoms with E-state index in [1.54, 1.807) is 0 Å². The van der Waals surface area contributed by atoms with E-state index in [0.717, 1.165) is 18.8 Å². The number of hydrogen-bond acceptors (Lipinski definition) is 4. The van der Waals surface area contributed by atoms with Gasteiger partial charge in [0.05, 0.1) is 6.61 Å². The molecule has 3 rings (SSSR count). The molecule has 0 saturated carbocycles. The lowest BCUT2D eigenvalue weighted by molar-refractivity contribution is -0.159. The summed E-state index contributed by atoms with van der Waals surface area (Å²) in [5, 5.41) is 14.8. The lowest BCUT2D eigenvalue weighted by atomic mass is 10.1. The number of para-hydroxylation sites is 1. The number of benzene rings is 2. The predicted octanol–water partition coefficient (Wildman–Crippen LogP) is 3.76. The smallest absolute Gasteiger partial charge is 0.414 e.